The summed E-state index contributed by atoms with van der Waals surface area (Å²) in [5, 5.41) is 28.5. The van der Waals surface area contributed by atoms with Crippen LogP contribution in [0, 0.1) is 11.3 Å². The standard InChI is InChI=1S/C13H14N2O5/c14-7-9-1-3-10(4-2-9)20-8-12(17)15-6-5-11(16)13(18)19/h1-4,11,16H,5-6,8H2,(H,15,17)(H,18,19)/t11-/m0/s1. The molecule has 1 aromatic carbocycles. The maximum absolute atomic E-state index is 11.4. The largest absolute Gasteiger partial charge is 0.484 e. The monoisotopic (exact) mass is 278 g/mol. The third-order valence-electron chi connectivity index (χ3n) is 2.38. The number of aliphatic hydroxyl groups excluding tert-OH is 1. The van der Waals surface area contributed by atoms with Crippen molar-refractivity contribution in [2.45, 2.75) is 12.5 Å². The van der Waals surface area contributed by atoms with Crippen LogP contribution in [0.5, 0.6) is 5.75 Å². The molecule has 3 N–H and O–H groups in total. The Bertz CT molecular complexity index is 506. The van der Waals surface area contributed by atoms with E-state index in [2.05, 4.69) is 5.32 Å². The second-order valence-corrected chi connectivity index (χ2v) is 3.92. The molecule has 106 valence electrons. The molecule has 0 radical (unpaired) electrons. The van der Waals surface area contributed by atoms with Gasteiger partial charge in [0.1, 0.15) is 5.75 Å². The molecule has 7 nitrogen and oxygen atoms in total. The Morgan fingerprint density at radius 3 is 2.55 bits per heavy atom. The van der Waals surface area contributed by atoms with Gasteiger partial charge in [0.25, 0.3) is 5.91 Å². The van der Waals surface area contributed by atoms with Gasteiger partial charge in [-0.05, 0) is 24.3 Å². The Morgan fingerprint density at radius 2 is 2.00 bits per heavy atom. The number of nitrogens with zero attached hydrogens (tertiary/aromatic N) is 1. The summed E-state index contributed by atoms with van der Waals surface area (Å²) in [4.78, 5) is 21.7. The number of carboxylic acids is 1. The lowest BCUT2D eigenvalue weighted by Crippen LogP contribution is -2.33. The number of carboxylic acid groups (broad SMARTS) is 1. The van der Waals surface area contributed by atoms with Crippen molar-refractivity contribution in [2.24, 2.45) is 0 Å². The van der Waals surface area contributed by atoms with Crippen molar-refractivity contribution in [1.29, 1.82) is 5.26 Å². The SMILES string of the molecule is N#Cc1ccc(OCC(=O)NCC[C@H](O)C(=O)O)cc1. The smallest absolute Gasteiger partial charge is 0.332 e. The number of nitrogens with one attached hydrogen (secondary N) is 1. The second-order valence-electron chi connectivity index (χ2n) is 3.92. The van der Waals surface area contributed by atoms with E-state index in [4.69, 9.17) is 20.2 Å². The van der Waals surface area contributed by atoms with Gasteiger partial charge < -0.3 is 20.3 Å². The fourth-order valence-corrected chi connectivity index (χ4v) is 1.30. The second kappa shape index (κ2) is 7.76. The highest BCUT2D eigenvalue weighted by Crippen LogP contribution is 2.11. The number of ether oxygens (including phenoxy) is 1. The van der Waals surface area contributed by atoms with Gasteiger partial charge in [-0.3, -0.25) is 4.79 Å². The first kappa shape index (κ1) is 15.5. The van der Waals surface area contributed by atoms with Gasteiger partial charge in [-0.15, -0.1) is 0 Å². The summed E-state index contributed by atoms with van der Waals surface area (Å²) in [5.41, 5.74) is 0.490. The molecule has 0 aromatic heterocycles. The van der Waals surface area contributed by atoms with Crippen molar-refractivity contribution in [3.63, 3.8) is 0 Å². The zero-order valence-electron chi connectivity index (χ0n) is 10.6. The molecule has 0 bridgehead atoms. The number of amides is 1. The molecule has 0 unspecified atom stereocenters. The van der Waals surface area contributed by atoms with Crippen molar-refractivity contribution in [2.75, 3.05) is 13.2 Å². The minimum atomic E-state index is -1.49. The molecule has 20 heavy (non-hydrogen) atoms. The van der Waals surface area contributed by atoms with Crippen molar-refractivity contribution in [3.05, 3.63) is 29.8 Å². The van der Waals surface area contributed by atoms with Crippen molar-refractivity contribution in [1.82, 2.24) is 5.32 Å². The van der Waals surface area contributed by atoms with E-state index in [-0.39, 0.29) is 19.6 Å². The van der Waals surface area contributed by atoms with Crippen molar-refractivity contribution >= 4 is 11.9 Å². The van der Waals surface area contributed by atoms with E-state index in [0.717, 1.165) is 0 Å². The van der Waals surface area contributed by atoms with E-state index in [1.807, 2.05) is 6.07 Å². The van der Waals surface area contributed by atoms with Crippen molar-refractivity contribution < 1.29 is 24.5 Å². The lowest BCUT2D eigenvalue weighted by molar-refractivity contribution is -0.147. The van der Waals surface area contributed by atoms with Gasteiger partial charge in [0, 0.05) is 13.0 Å². The van der Waals surface area contributed by atoms with E-state index in [0.29, 0.717) is 11.3 Å². The quantitative estimate of drug-likeness (QED) is 0.640. The van der Waals surface area contributed by atoms with Crippen molar-refractivity contribution in [3.8, 4) is 11.8 Å². The van der Waals surface area contributed by atoms with Crippen LogP contribution < -0.4 is 10.1 Å². The van der Waals surface area contributed by atoms with Crippen LogP contribution in [0.15, 0.2) is 24.3 Å². The molecular formula is C13H14N2O5. The average Bonchev–Trinajstić information content (AvgIpc) is 2.45. The van der Waals surface area contributed by atoms with E-state index in [1.54, 1.807) is 24.3 Å². The fraction of sp³-hybridized carbons (Fsp3) is 0.308. The van der Waals surface area contributed by atoms with Crippen LogP contribution in [-0.4, -0.2) is 41.3 Å². The molecule has 0 heterocycles. The third kappa shape index (κ3) is 5.37. The lowest BCUT2D eigenvalue weighted by Gasteiger charge is -2.08. The topological polar surface area (TPSA) is 120 Å². The Hall–Kier alpha value is -2.59. The third-order valence-corrected chi connectivity index (χ3v) is 2.38. The molecule has 0 aliphatic heterocycles. The Morgan fingerprint density at radius 1 is 1.35 bits per heavy atom. The molecule has 1 aromatic rings. The summed E-state index contributed by atoms with van der Waals surface area (Å²) in [6.45, 7) is -0.182. The fourth-order valence-electron chi connectivity index (χ4n) is 1.30. The number of hydrogen-bond donors (Lipinski definition) is 3. The Labute approximate surface area is 115 Å². The zero-order chi connectivity index (χ0) is 15.0. The number of carbonyl (C=O) groups is 2. The minimum Gasteiger partial charge on any atom is -0.484 e. The number of rotatable bonds is 7. The number of nitriles is 1. The highest BCUT2D eigenvalue weighted by molar-refractivity contribution is 5.77. The summed E-state index contributed by atoms with van der Waals surface area (Å²) >= 11 is 0. The van der Waals surface area contributed by atoms with Gasteiger partial charge in [-0.2, -0.15) is 5.26 Å². The summed E-state index contributed by atoms with van der Waals surface area (Å²) < 4.78 is 5.17. The minimum absolute atomic E-state index is 0.0447. The van der Waals surface area contributed by atoms with Crippen LogP contribution in [0.3, 0.4) is 0 Å². The Kier molecular flexibility index (Phi) is 6.00. The van der Waals surface area contributed by atoms with Crippen LogP contribution in [0.2, 0.25) is 0 Å². The molecule has 1 amide bonds. The summed E-state index contributed by atoms with van der Waals surface area (Å²) in [7, 11) is 0. The van der Waals surface area contributed by atoms with Gasteiger partial charge >= 0.3 is 5.97 Å². The van der Waals surface area contributed by atoms with Crippen LogP contribution >= 0.6 is 0 Å². The first-order chi connectivity index (χ1) is 9.52. The highest BCUT2D eigenvalue weighted by Gasteiger charge is 2.12. The maximum Gasteiger partial charge on any atom is 0.332 e. The van der Waals surface area contributed by atoms with Gasteiger partial charge in [0.05, 0.1) is 11.6 Å². The molecule has 0 aliphatic rings. The van der Waals surface area contributed by atoms with Gasteiger partial charge in [0.2, 0.25) is 0 Å². The molecule has 0 aliphatic carbocycles. The summed E-state index contributed by atoms with van der Waals surface area (Å²) in [5.74, 6) is -1.30. The molecule has 1 atom stereocenters. The molecule has 7 heteroatoms. The van der Waals surface area contributed by atoms with Crippen LogP contribution in [-0.2, 0) is 9.59 Å². The predicted octanol–water partition coefficient (Wildman–Crippen LogP) is -0.111. The molecule has 0 fully saturated rings. The highest BCUT2D eigenvalue weighted by atomic mass is 16.5. The lowest BCUT2D eigenvalue weighted by atomic mass is 10.2. The molecule has 0 saturated carbocycles. The summed E-state index contributed by atoms with van der Waals surface area (Å²) in [6, 6.07) is 8.23. The normalized spacial score (nSPS) is 11.2. The molecule has 1 rings (SSSR count). The van der Waals surface area contributed by atoms with Gasteiger partial charge in [-0.1, -0.05) is 0 Å². The number of hydrogen-bond acceptors (Lipinski definition) is 5. The van der Waals surface area contributed by atoms with Crippen LogP contribution in [0.25, 0.3) is 0 Å². The van der Waals surface area contributed by atoms with E-state index >= 15 is 0 Å². The van der Waals surface area contributed by atoms with E-state index in [1.165, 1.54) is 0 Å². The van der Waals surface area contributed by atoms with E-state index in [9.17, 15) is 9.59 Å². The number of benzene rings is 1. The number of aliphatic carboxylic acids is 1. The molecule has 0 saturated heterocycles. The predicted molar refractivity (Wildman–Crippen MR) is 67.9 cm³/mol. The van der Waals surface area contributed by atoms with Crippen LogP contribution in [0.1, 0.15) is 12.0 Å². The number of aliphatic hydroxyl groups is 1. The summed E-state index contributed by atoms with van der Waals surface area (Å²) in [6.07, 6.45) is -1.56. The first-order valence-corrected chi connectivity index (χ1v) is 5.83. The number of carbonyl (C=O) groups excluding carboxylic acids is 1. The average molecular weight is 278 g/mol. The molecule has 0 spiro atoms. The van der Waals surface area contributed by atoms with Gasteiger partial charge in [-0.25, -0.2) is 4.79 Å². The Balaban J connectivity index is 2.26. The van der Waals surface area contributed by atoms with Crippen LogP contribution in [0.4, 0.5) is 0 Å². The first-order valence-electron chi connectivity index (χ1n) is 5.83. The zero-order valence-corrected chi connectivity index (χ0v) is 10.6. The molecular weight excluding hydrogens is 264 g/mol. The van der Waals surface area contributed by atoms with E-state index < -0.39 is 18.0 Å². The maximum atomic E-state index is 11.4. The van der Waals surface area contributed by atoms with Gasteiger partial charge in [0.15, 0.2) is 12.7 Å².